The quantitative estimate of drug-likeness (QED) is 0.831. The minimum atomic E-state index is -0.172. The molecule has 0 saturated carbocycles. The molecule has 0 spiro atoms. The van der Waals surface area contributed by atoms with Crippen LogP contribution in [0.4, 0.5) is 10.5 Å². The Bertz CT molecular complexity index is 455. The van der Waals surface area contributed by atoms with Gasteiger partial charge in [0.2, 0.25) is 0 Å². The van der Waals surface area contributed by atoms with Crippen molar-refractivity contribution in [2.24, 2.45) is 5.41 Å². The Morgan fingerprint density at radius 1 is 1.45 bits per heavy atom. The van der Waals surface area contributed by atoms with Gasteiger partial charge >= 0.3 is 6.03 Å². The maximum atomic E-state index is 11.9. The third-order valence-corrected chi connectivity index (χ3v) is 4.32. The number of piperidine rings is 1. The first-order chi connectivity index (χ1) is 9.47. The van der Waals surface area contributed by atoms with E-state index < -0.39 is 0 Å². The molecule has 1 aromatic heterocycles. The van der Waals surface area contributed by atoms with Crippen LogP contribution in [0, 0.1) is 5.41 Å². The fraction of sp³-hybridized carbons (Fsp3) is 0.571. The van der Waals surface area contributed by atoms with Gasteiger partial charge in [0, 0.05) is 6.54 Å². The second kappa shape index (κ2) is 6.54. The van der Waals surface area contributed by atoms with E-state index >= 15 is 0 Å². The first kappa shape index (κ1) is 15.3. The number of halogens is 1. The van der Waals surface area contributed by atoms with Gasteiger partial charge in [0.25, 0.3) is 0 Å². The zero-order valence-corrected chi connectivity index (χ0v) is 13.5. The highest BCUT2D eigenvalue weighted by Crippen LogP contribution is 2.29. The number of nitrogens with one attached hydrogen (secondary N) is 2. The number of amides is 2. The van der Waals surface area contributed by atoms with Crippen LogP contribution >= 0.6 is 15.9 Å². The lowest BCUT2D eigenvalue weighted by Gasteiger charge is -2.37. The number of pyridine rings is 1. The van der Waals surface area contributed by atoms with E-state index in [-0.39, 0.29) is 11.4 Å². The monoisotopic (exact) mass is 340 g/mol. The van der Waals surface area contributed by atoms with E-state index in [0.29, 0.717) is 12.2 Å². The van der Waals surface area contributed by atoms with Gasteiger partial charge < -0.3 is 15.5 Å². The maximum Gasteiger partial charge on any atom is 0.319 e. The average Bonchev–Trinajstić information content (AvgIpc) is 2.43. The molecule has 1 aliphatic rings. The van der Waals surface area contributed by atoms with Crippen molar-refractivity contribution in [3.8, 4) is 0 Å². The van der Waals surface area contributed by atoms with Crippen molar-refractivity contribution in [1.82, 2.24) is 15.2 Å². The standard InChI is InChI=1S/C14H21BrN4O/c1-14(5-7-19(2)8-6-14)10-17-13(20)18-11-3-4-12(15)16-9-11/h3-4,9H,5-8,10H2,1-2H3,(H2,17,18,20). The molecule has 0 bridgehead atoms. The highest BCUT2D eigenvalue weighted by Gasteiger charge is 2.29. The van der Waals surface area contributed by atoms with E-state index in [0.717, 1.165) is 30.5 Å². The maximum absolute atomic E-state index is 11.9. The van der Waals surface area contributed by atoms with Crippen LogP contribution in [0.15, 0.2) is 22.9 Å². The third kappa shape index (κ3) is 4.45. The van der Waals surface area contributed by atoms with Crippen LogP contribution in [0.25, 0.3) is 0 Å². The molecule has 20 heavy (non-hydrogen) atoms. The summed E-state index contributed by atoms with van der Waals surface area (Å²) >= 11 is 3.26. The van der Waals surface area contributed by atoms with Gasteiger partial charge in [-0.3, -0.25) is 0 Å². The Kier molecular flexibility index (Phi) is 4.99. The summed E-state index contributed by atoms with van der Waals surface area (Å²) in [7, 11) is 2.14. The van der Waals surface area contributed by atoms with Crippen molar-refractivity contribution < 1.29 is 4.79 Å². The largest absolute Gasteiger partial charge is 0.337 e. The molecule has 0 unspecified atom stereocenters. The van der Waals surface area contributed by atoms with Gasteiger partial charge in [-0.2, -0.15) is 0 Å². The van der Waals surface area contributed by atoms with Crippen molar-refractivity contribution in [3.05, 3.63) is 22.9 Å². The molecule has 0 aliphatic carbocycles. The predicted molar refractivity (Wildman–Crippen MR) is 83.8 cm³/mol. The van der Waals surface area contributed by atoms with Crippen LogP contribution in [0.5, 0.6) is 0 Å². The molecule has 0 radical (unpaired) electrons. The Morgan fingerprint density at radius 3 is 2.75 bits per heavy atom. The second-order valence-corrected chi connectivity index (χ2v) is 6.60. The van der Waals surface area contributed by atoms with Gasteiger partial charge in [-0.15, -0.1) is 0 Å². The minimum Gasteiger partial charge on any atom is -0.337 e. The Balaban J connectivity index is 1.79. The summed E-state index contributed by atoms with van der Waals surface area (Å²) < 4.78 is 0.752. The topological polar surface area (TPSA) is 57.3 Å². The number of hydrogen-bond acceptors (Lipinski definition) is 3. The van der Waals surface area contributed by atoms with Crippen LogP contribution in [0.1, 0.15) is 19.8 Å². The van der Waals surface area contributed by atoms with E-state index in [1.54, 1.807) is 12.3 Å². The molecule has 0 aromatic carbocycles. The molecule has 1 saturated heterocycles. The number of urea groups is 1. The summed E-state index contributed by atoms with van der Waals surface area (Å²) in [5.41, 5.74) is 0.890. The van der Waals surface area contributed by atoms with Crippen LogP contribution in [0.3, 0.4) is 0 Å². The molecule has 5 nitrogen and oxygen atoms in total. The smallest absolute Gasteiger partial charge is 0.319 e. The Hall–Kier alpha value is -1.14. The van der Waals surface area contributed by atoms with Crippen LogP contribution in [-0.4, -0.2) is 42.6 Å². The highest BCUT2D eigenvalue weighted by atomic mass is 79.9. The molecule has 2 rings (SSSR count). The molecule has 110 valence electrons. The normalized spacial score (nSPS) is 18.6. The number of hydrogen-bond donors (Lipinski definition) is 2. The van der Waals surface area contributed by atoms with Crippen molar-refractivity contribution in [2.75, 3.05) is 32.0 Å². The van der Waals surface area contributed by atoms with Crippen LogP contribution < -0.4 is 10.6 Å². The number of carbonyl (C=O) groups is 1. The van der Waals surface area contributed by atoms with Gasteiger partial charge in [-0.1, -0.05) is 6.92 Å². The molecular formula is C14H21BrN4O. The number of rotatable bonds is 3. The number of carbonyl (C=O) groups excluding carboxylic acids is 1. The van der Waals surface area contributed by atoms with Crippen molar-refractivity contribution in [1.29, 1.82) is 0 Å². The summed E-state index contributed by atoms with van der Waals surface area (Å²) in [5, 5.41) is 5.75. The highest BCUT2D eigenvalue weighted by molar-refractivity contribution is 9.10. The fourth-order valence-electron chi connectivity index (χ4n) is 2.25. The Morgan fingerprint density at radius 2 is 2.15 bits per heavy atom. The first-order valence-corrected chi connectivity index (χ1v) is 7.61. The second-order valence-electron chi connectivity index (χ2n) is 5.79. The number of aromatic nitrogens is 1. The van der Waals surface area contributed by atoms with E-state index in [2.05, 4.69) is 50.4 Å². The molecule has 2 heterocycles. The van der Waals surface area contributed by atoms with E-state index in [1.165, 1.54) is 0 Å². The van der Waals surface area contributed by atoms with Gasteiger partial charge in [0.15, 0.2) is 0 Å². The first-order valence-electron chi connectivity index (χ1n) is 6.82. The van der Waals surface area contributed by atoms with Gasteiger partial charge in [0.1, 0.15) is 4.60 Å². The molecule has 1 aromatic rings. The zero-order valence-electron chi connectivity index (χ0n) is 11.9. The summed E-state index contributed by atoms with van der Waals surface area (Å²) in [6, 6.07) is 3.44. The molecular weight excluding hydrogens is 320 g/mol. The van der Waals surface area contributed by atoms with Crippen molar-refractivity contribution >= 4 is 27.6 Å². The number of anilines is 1. The summed E-state index contributed by atoms with van der Waals surface area (Å²) in [4.78, 5) is 18.3. The molecule has 1 fully saturated rings. The molecule has 2 amide bonds. The predicted octanol–water partition coefficient (Wildman–Crippen LogP) is 2.70. The molecule has 2 N–H and O–H groups in total. The van der Waals surface area contributed by atoms with E-state index in [4.69, 9.17) is 0 Å². The lowest BCUT2D eigenvalue weighted by atomic mass is 9.80. The molecule has 0 atom stereocenters. The van der Waals surface area contributed by atoms with Crippen molar-refractivity contribution in [3.63, 3.8) is 0 Å². The number of likely N-dealkylation sites (tertiary alicyclic amines) is 1. The average molecular weight is 341 g/mol. The van der Waals surface area contributed by atoms with E-state index in [9.17, 15) is 4.79 Å². The van der Waals surface area contributed by atoms with Crippen molar-refractivity contribution in [2.45, 2.75) is 19.8 Å². The van der Waals surface area contributed by atoms with E-state index in [1.807, 2.05) is 6.07 Å². The molecule has 6 heteroatoms. The van der Waals surface area contributed by atoms with Gasteiger partial charge in [-0.05, 0) is 66.5 Å². The van der Waals surface area contributed by atoms with Crippen LogP contribution in [-0.2, 0) is 0 Å². The lowest BCUT2D eigenvalue weighted by Crippen LogP contribution is -2.44. The summed E-state index contributed by atoms with van der Waals surface area (Å²) in [6.07, 6.45) is 3.86. The summed E-state index contributed by atoms with van der Waals surface area (Å²) in [6.45, 7) is 5.13. The van der Waals surface area contributed by atoms with Crippen LogP contribution in [0.2, 0.25) is 0 Å². The Labute approximate surface area is 128 Å². The lowest BCUT2D eigenvalue weighted by molar-refractivity contribution is 0.139. The fourth-order valence-corrected chi connectivity index (χ4v) is 2.49. The zero-order chi connectivity index (χ0) is 14.6. The van der Waals surface area contributed by atoms with Gasteiger partial charge in [0.05, 0.1) is 11.9 Å². The molecule has 1 aliphatic heterocycles. The third-order valence-electron chi connectivity index (χ3n) is 3.86. The SMILES string of the molecule is CN1CCC(C)(CNC(=O)Nc2ccc(Br)nc2)CC1. The minimum absolute atomic E-state index is 0.172. The van der Waals surface area contributed by atoms with Gasteiger partial charge in [-0.25, -0.2) is 9.78 Å². The number of nitrogens with zero attached hydrogens (tertiary/aromatic N) is 2. The summed E-state index contributed by atoms with van der Waals surface area (Å²) in [5.74, 6) is 0.